The second-order valence-corrected chi connectivity index (χ2v) is 5.31. The lowest BCUT2D eigenvalue weighted by Crippen LogP contribution is -2.52. The zero-order valence-corrected chi connectivity index (χ0v) is 11.8. The first-order valence-electron chi connectivity index (χ1n) is 7.22. The largest absolute Gasteiger partial charge is 0.486 e. The molecule has 0 aromatic carbocycles. The van der Waals surface area contributed by atoms with Crippen LogP contribution < -0.4 is 25.8 Å². The lowest BCUT2D eigenvalue weighted by atomic mass is 9.92. The maximum absolute atomic E-state index is 11.5. The average molecular weight is 292 g/mol. The first kappa shape index (κ1) is 14.1. The molecule has 7 nitrogen and oxygen atoms in total. The highest BCUT2D eigenvalue weighted by Crippen LogP contribution is 2.29. The first-order valence-corrected chi connectivity index (χ1v) is 7.22. The van der Waals surface area contributed by atoms with Crippen molar-refractivity contribution in [3.8, 4) is 11.5 Å². The average Bonchev–Trinajstić information content (AvgIpc) is 2.53. The van der Waals surface area contributed by atoms with Crippen molar-refractivity contribution in [1.29, 1.82) is 0 Å². The minimum absolute atomic E-state index is 0.0822. The van der Waals surface area contributed by atoms with Gasteiger partial charge < -0.3 is 25.8 Å². The van der Waals surface area contributed by atoms with Gasteiger partial charge in [-0.25, -0.2) is 0 Å². The summed E-state index contributed by atoms with van der Waals surface area (Å²) in [5.74, 6) is 0.956. The summed E-state index contributed by atoms with van der Waals surface area (Å²) in [4.78, 5) is 15.8. The van der Waals surface area contributed by atoms with Crippen molar-refractivity contribution >= 4 is 5.91 Å². The second kappa shape index (κ2) is 6.28. The molecular formula is C14H20N4O3. The van der Waals surface area contributed by atoms with E-state index in [1.807, 2.05) is 6.07 Å². The summed E-state index contributed by atoms with van der Waals surface area (Å²) in [6, 6.07) is 1.96. The minimum atomic E-state index is -0.269. The minimum Gasteiger partial charge on any atom is -0.486 e. The summed E-state index contributed by atoms with van der Waals surface area (Å²) in [5, 5.41) is 6.57. The molecule has 3 rings (SSSR count). The zero-order valence-electron chi connectivity index (χ0n) is 11.8. The van der Waals surface area contributed by atoms with E-state index in [4.69, 9.17) is 15.2 Å². The summed E-state index contributed by atoms with van der Waals surface area (Å²) < 4.78 is 11.0. The number of amides is 1. The van der Waals surface area contributed by atoms with Crippen molar-refractivity contribution in [3.05, 3.63) is 18.0 Å². The Hall–Kier alpha value is -1.86. The van der Waals surface area contributed by atoms with Gasteiger partial charge in [-0.3, -0.25) is 9.78 Å². The molecule has 1 aromatic heterocycles. The molecule has 2 aliphatic heterocycles. The summed E-state index contributed by atoms with van der Waals surface area (Å²) in [5.41, 5.74) is 6.31. The Bertz CT molecular complexity index is 523. The third-order valence-electron chi connectivity index (χ3n) is 3.88. The molecule has 1 saturated heterocycles. The quantitative estimate of drug-likeness (QED) is 0.686. The number of rotatable bonds is 4. The van der Waals surface area contributed by atoms with Gasteiger partial charge in [0.1, 0.15) is 13.2 Å². The van der Waals surface area contributed by atoms with Gasteiger partial charge in [0.2, 0.25) is 5.91 Å². The highest BCUT2D eigenvalue weighted by molar-refractivity contribution is 5.77. The number of piperidine rings is 1. The van der Waals surface area contributed by atoms with E-state index in [2.05, 4.69) is 15.6 Å². The number of pyridine rings is 1. The standard InChI is InChI=1S/C14H20N4O3/c15-14(19)10-7-16-2-1-11(10)18-6-9-5-12-13(8-17-9)21-4-3-20-12/h5,8,10-11,16,18H,1-4,6-7H2,(H2,15,19)/t10-,11+/m1/s1. The Kier molecular flexibility index (Phi) is 4.21. The maximum Gasteiger partial charge on any atom is 0.223 e. The van der Waals surface area contributed by atoms with Crippen molar-refractivity contribution < 1.29 is 14.3 Å². The lowest BCUT2D eigenvalue weighted by Gasteiger charge is -2.30. The van der Waals surface area contributed by atoms with Gasteiger partial charge in [0.25, 0.3) is 0 Å². The van der Waals surface area contributed by atoms with Crippen molar-refractivity contribution in [2.75, 3.05) is 26.3 Å². The van der Waals surface area contributed by atoms with E-state index in [9.17, 15) is 4.79 Å². The molecule has 1 fully saturated rings. The van der Waals surface area contributed by atoms with Crippen LogP contribution in [0, 0.1) is 5.92 Å². The van der Waals surface area contributed by atoms with E-state index in [-0.39, 0.29) is 17.9 Å². The molecule has 114 valence electrons. The first-order chi connectivity index (χ1) is 10.2. The highest BCUT2D eigenvalue weighted by Gasteiger charge is 2.28. The Balaban J connectivity index is 1.62. The van der Waals surface area contributed by atoms with E-state index < -0.39 is 0 Å². The Labute approximate surface area is 123 Å². The summed E-state index contributed by atoms with van der Waals surface area (Å²) in [6.45, 7) is 3.20. The Morgan fingerprint density at radius 1 is 1.43 bits per heavy atom. The van der Waals surface area contributed by atoms with Crippen molar-refractivity contribution in [3.63, 3.8) is 0 Å². The van der Waals surface area contributed by atoms with Gasteiger partial charge in [-0.1, -0.05) is 0 Å². The number of carbonyl (C=O) groups is 1. The molecule has 0 spiro atoms. The number of fused-ring (bicyclic) bond motifs is 1. The summed E-state index contributed by atoms with van der Waals surface area (Å²) in [6.07, 6.45) is 2.55. The van der Waals surface area contributed by atoms with Gasteiger partial charge >= 0.3 is 0 Å². The maximum atomic E-state index is 11.5. The Morgan fingerprint density at radius 3 is 3.05 bits per heavy atom. The van der Waals surface area contributed by atoms with Crippen LogP contribution in [0.25, 0.3) is 0 Å². The molecule has 2 aliphatic rings. The predicted octanol–water partition coefficient (Wildman–Crippen LogP) is -0.594. The molecule has 0 aliphatic carbocycles. The van der Waals surface area contributed by atoms with Crippen LogP contribution in [0.15, 0.2) is 12.3 Å². The van der Waals surface area contributed by atoms with E-state index in [1.54, 1.807) is 6.20 Å². The van der Waals surface area contributed by atoms with Crippen LogP contribution in [-0.4, -0.2) is 43.2 Å². The van der Waals surface area contributed by atoms with E-state index >= 15 is 0 Å². The third-order valence-corrected chi connectivity index (χ3v) is 3.88. The fraction of sp³-hybridized carbons (Fsp3) is 0.571. The van der Waals surface area contributed by atoms with Crippen LogP contribution in [-0.2, 0) is 11.3 Å². The number of hydrogen-bond donors (Lipinski definition) is 3. The van der Waals surface area contributed by atoms with Gasteiger partial charge in [0.05, 0.1) is 17.8 Å². The monoisotopic (exact) mass is 292 g/mol. The van der Waals surface area contributed by atoms with E-state index in [0.717, 1.165) is 24.4 Å². The topological polar surface area (TPSA) is 98.5 Å². The number of carbonyl (C=O) groups excluding carboxylic acids is 1. The summed E-state index contributed by atoms with van der Waals surface area (Å²) in [7, 11) is 0. The molecule has 0 saturated carbocycles. The molecule has 1 aromatic rings. The van der Waals surface area contributed by atoms with Gasteiger partial charge in [-0.2, -0.15) is 0 Å². The number of nitrogens with one attached hydrogen (secondary N) is 2. The third kappa shape index (κ3) is 3.25. The molecular weight excluding hydrogens is 272 g/mol. The Morgan fingerprint density at radius 2 is 2.24 bits per heavy atom. The van der Waals surface area contributed by atoms with Gasteiger partial charge in [-0.05, 0) is 13.0 Å². The number of hydrogen-bond acceptors (Lipinski definition) is 6. The highest BCUT2D eigenvalue weighted by atomic mass is 16.6. The van der Waals surface area contributed by atoms with Crippen LogP contribution in [0.3, 0.4) is 0 Å². The molecule has 4 N–H and O–H groups in total. The van der Waals surface area contributed by atoms with Gasteiger partial charge in [-0.15, -0.1) is 0 Å². The van der Waals surface area contributed by atoms with Crippen LogP contribution in [0.5, 0.6) is 11.5 Å². The molecule has 0 radical (unpaired) electrons. The molecule has 1 amide bonds. The normalized spacial score (nSPS) is 24.6. The SMILES string of the molecule is NC(=O)[C@@H]1CNCC[C@@H]1NCc1cc2c(cn1)OCCO2. The lowest BCUT2D eigenvalue weighted by molar-refractivity contribution is -0.123. The number of ether oxygens (including phenoxy) is 2. The van der Waals surface area contributed by atoms with Gasteiger partial charge in [0, 0.05) is 25.2 Å². The molecule has 0 unspecified atom stereocenters. The van der Waals surface area contributed by atoms with Crippen LogP contribution >= 0.6 is 0 Å². The van der Waals surface area contributed by atoms with Crippen LogP contribution in [0.4, 0.5) is 0 Å². The van der Waals surface area contributed by atoms with Gasteiger partial charge in [0.15, 0.2) is 11.5 Å². The molecule has 21 heavy (non-hydrogen) atoms. The predicted molar refractivity (Wildman–Crippen MR) is 76.0 cm³/mol. The van der Waals surface area contributed by atoms with Crippen LogP contribution in [0.1, 0.15) is 12.1 Å². The van der Waals surface area contributed by atoms with E-state index in [0.29, 0.717) is 32.1 Å². The summed E-state index contributed by atoms with van der Waals surface area (Å²) >= 11 is 0. The zero-order chi connectivity index (χ0) is 14.7. The molecule has 7 heteroatoms. The van der Waals surface area contributed by atoms with Crippen LogP contribution in [0.2, 0.25) is 0 Å². The number of aromatic nitrogens is 1. The fourth-order valence-corrected chi connectivity index (χ4v) is 2.72. The smallest absolute Gasteiger partial charge is 0.223 e. The fourth-order valence-electron chi connectivity index (χ4n) is 2.72. The molecule has 0 bridgehead atoms. The number of nitrogens with zero attached hydrogens (tertiary/aromatic N) is 1. The molecule has 2 atom stereocenters. The number of primary amides is 1. The number of nitrogens with two attached hydrogens (primary N) is 1. The van der Waals surface area contributed by atoms with Crippen molar-refractivity contribution in [2.24, 2.45) is 11.7 Å². The second-order valence-electron chi connectivity index (χ2n) is 5.31. The molecule has 3 heterocycles. The van der Waals surface area contributed by atoms with Crippen molar-refractivity contribution in [2.45, 2.75) is 19.0 Å². The van der Waals surface area contributed by atoms with E-state index in [1.165, 1.54) is 0 Å². The van der Waals surface area contributed by atoms with Crippen molar-refractivity contribution in [1.82, 2.24) is 15.6 Å².